The van der Waals surface area contributed by atoms with E-state index in [9.17, 15) is 14.4 Å². The van der Waals surface area contributed by atoms with E-state index in [1.807, 2.05) is 0 Å². The number of amides is 3. The lowest BCUT2D eigenvalue weighted by atomic mass is 10.1. The first kappa shape index (κ1) is 24.2. The van der Waals surface area contributed by atoms with Crippen molar-refractivity contribution in [1.29, 1.82) is 0 Å². The number of carbonyl (C=O) groups excluding carboxylic acids is 3. The molecule has 34 heavy (non-hydrogen) atoms. The maximum atomic E-state index is 13.3. The van der Waals surface area contributed by atoms with Crippen molar-refractivity contribution in [1.82, 2.24) is 0 Å². The molecule has 0 spiro atoms. The molecule has 0 aromatic heterocycles. The van der Waals surface area contributed by atoms with Crippen molar-refractivity contribution in [2.45, 2.75) is 0 Å². The zero-order valence-electron chi connectivity index (χ0n) is 17.5. The highest BCUT2D eigenvalue weighted by Gasteiger charge is 2.43. The van der Waals surface area contributed by atoms with Crippen LogP contribution in [0.5, 0.6) is 11.5 Å². The highest BCUT2D eigenvalue weighted by molar-refractivity contribution is 6.56. The highest BCUT2D eigenvalue weighted by atomic mass is 35.5. The van der Waals surface area contributed by atoms with Gasteiger partial charge in [0.05, 0.1) is 62.4 Å². The Morgan fingerprint density at radius 2 is 1.41 bits per heavy atom. The monoisotopic (exact) mass is 538 g/mol. The van der Waals surface area contributed by atoms with Gasteiger partial charge in [0.25, 0.3) is 17.7 Å². The van der Waals surface area contributed by atoms with Crippen LogP contribution in [0.1, 0.15) is 31.1 Å². The van der Waals surface area contributed by atoms with Gasteiger partial charge in [0.2, 0.25) is 0 Å². The van der Waals surface area contributed by atoms with Crippen molar-refractivity contribution in [3.05, 3.63) is 79.2 Å². The van der Waals surface area contributed by atoms with Gasteiger partial charge < -0.3 is 14.8 Å². The molecule has 0 atom stereocenters. The average molecular weight is 540 g/mol. The van der Waals surface area contributed by atoms with Gasteiger partial charge in [0, 0.05) is 6.07 Å². The molecule has 0 aliphatic carbocycles. The van der Waals surface area contributed by atoms with Crippen LogP contribution in [-0.2, 0) is 0 Å². The predicted octanol–water partition coefficient (Wildman–Crippen LogP) is 6.37. The molecule has 4 rings (SSSR count). The number of hydrogen-bond donors (Lipinski definition) is 1. The minimum atomic E-state index is -0.787. The number of carbonyl (C=O) groups is 3. The third-order valence-corrected chi connectivity index (χ3v) is 6.95. The average Bonchev–Trinajstić information content (AvgIpc) is 3.11. The van der Waals surface area contributed by atoms with Crippen molar-refractivity contribution in [2.75, 3.05) is 24.4 Å². The first-order valence-electron chi connectivity index (χ1n) is 9.58. The van der Waals surface area contributed by atoms with Crippen LogP contribution in [0.3, 0.4) is 0 Å². The van der Waals surface area contributed by atoms with E-state index >= 15 is 0 Å². The molecule has 1 heterocycles. The Morgan fingerprint density at radius 3 is 1.97 bits per heavy atom. The number of anilines is 2. The second-order valence-corrected chi connectivity index (χ2v) is 8.50. The van der Waals surface area contributed by atoms with E-state index < -0.39 is 17.7 Å². The molecular formula is C23H14Cl4N2O5. The number of rotatable bonds is 5. The Kier molecular flexibility index (Phi) is 6.64. The van der Waals surface area contributed by atoms with Crippen LogP contribution in [0.4, 0.5) is 11.4 Å². The van der Waals surface area contributed by atoms with Gasteiger partial charge >= 0.3 is 0 Å². The lowest BCUT2D eigenvalue weighted by Crippen LogP contribution is -2.31. The molecule has 0 unspecified atom stereocenters. The smallest absolute Gasteiger partial charge is 0.267 e. The van der Waals surface area contributed by atoms with Crippen molar-refractivity contribution < 1.29 is 23.9 Å². The van der Waals surface area contributed by atoms with E-state index in [1.54, 1.807) is 30.3 Å². The quantitative estimate of drug-likeness (QED) is 0.231. The van der Waals surface area contributed by atoms with Gasteiger partial charge in [-0.1, -0.05) is 58.5 Å². The van der Waals surface area contributed by atoms with Crippen LogP contribution < -0.4 is 19.7 Å². The van der Waals surface area contributed by atoms with Crippen LogP contribution in [0.2, 0.25) is 20.1 Å². The number of hydrogen-bond acceptors (Lipinski definition) is 5. The number of ether oxygens (including phenoxy) is 2. The van der Waals surface area contributed by atoms with E-state index in [-0.39, 0.29) is 42.5 Å². The third kappa shape index (κ3) is 3.84. The number of para-hydroxylation sites is 1. The summed E-state index contributed by atoms with van der Waals surface area (Å²) in [5.41, 5.74) is 0.0129. The molecule has 0 radical (unpaired) electrons. The molecule has 0 saturated carbocycles. The molecule has 1 aliphatic heterocycles. The standard InChI is InChI=1S/C23H14Cl4N2O5/c1-33-10-7-8-14(34-2)12(9-10)28-21(30)11-5-3-4-6-13(11)29-22(31)15-16(23(29)32)18(25)20(27)19(26)17(15)24/h3-9H,1-2H3,(H,28,30). The Morgan fingerprint density at radius 1 is 0.824 bits per heavy atom. The van der Waals surface area contributed by atoms with Crippen LogP contribution in [-0.4, -0.2) is 31.9 Å². The second-order valence-electron chi connectivity index (χ2n) is 6.99. The van der Waals surface area contributed by atoms with E-state index in [1.165, 1.54) is 26.4 Å². The van der Waals surface area contributed by atoms with Crippen LogP contribution in [0.15, 0.2) is 42.5 Å². The summed E-state index contributed by atoms with van der Waals surface area (Å²) in [7, 11) is 2.94. The van der Waals surface area contributed by atoms with Crippen LogP contribution >= 0.6 is 46.4 Å². The van der Waals surface area contributed by atoms with E-state index in [0.29, 0.717) is 17.2 Å². The van der Waals surface area contributed by atoms with Crippen LogP contribution in [0.25, 0.3) is 0 Å². The number of halogens is 4. The summed E-state index contributed by atoms with van der Waals surface area (Å²) in [6.45, 7) is 0. The molecule has 3 amide bonds. The van der Waals surface area contributed by atoms with Crippen LogP contribution in [0, 0.1) is 0 Å². The van der Waals surface area contributed by atoms with Gasteiger partial charge in [0.1, 0.15) is 11.5 Å². The fourth-order valence-corrected chi connectivity index (χ4v) is 4.54. The number of fused-ring (bicyclic) bond motifs is 1. The summed E-state index contributed by atoms with van der Waals surface area (Å²) in [6, 6.07) is 10.9. The predicted molar refractivity (Wildman–Crippen MR) is 132 cm³/mol. The van der Waals surface area contributed by atoms with Crippen molar-refractivity contribution in [3.63, 3.8) is 0 Å². The minimum Gasteiger partial charge on any atom is -0.497 e. The summed E-state index contributed by atoms with van der Waals surface area (Å²) >= 11 is 24.6. The minimum absolute atomic E-state index is 0.0208. The Labute approximate surface area is 214 Å². The first-order valence-corrected chi connectivity index (χ1v) is 11.1. The van der Waals surface area contributed by atoms with Gasteiger partial charge in [-0.25, -0.2) is 4.90 Å². The molecule has 7 nitrogen and oxygen atoms in total. The lowest BCUT2D eigenvalue weighted by molar-refractivity contribution is 0.0926. The fourth-order valence-electron chi connectivity index (χ4n) is 3.53. The van der Waals surface area contributed by atoms with E-state index in [2.05, 4.69) is 5.32 Å². The second kappa shape index (κ2) is 9.35. The number of imide groups is 1. The normalized spacial score (nSPS) is 12.6. The summed E-state index contributed by atoms with van der Waals surface area (Å²) in [6.07, 6.45) is 0. The largest absolute Gasteiger partial charge is 0.497 e. The van der Waals surface area contributed by atoms with Gasteiger partial charge in [-0.15, -0.1) is 0 Å². The zero-order valence-corrected chi connectivity index (χ0v) is 20.6. The third-order valence-electron chi connectivity index (χ3n) is 5.15. The first-order chi connectivity index (χ1) is 16.2. The molecule has 0 fully saturated rings. The van der Waals surface area contributed by atoms with E-state index in [4.69, 9.17) is 55.9 Å². The summed E-state index contributed by atoms with van der Waals surface area (Å²) in [5, 5.41) is 2.03. The van der Waals surface area contributed by atoms with Gasteiger partial charge in [-0.2, -0.15) is 0 Å². The molecular weight excluding hydrogens is 526 g/mol. The molecule has 0 bridgehead atoms. The summed E-state index contributed by atoms with van der Waals surface area (Å²) in [4.78, 5) is 40.6. The van der Waals surface area contributed by atoms with Gasteiger partial charge in [-0.05, 0) is 24.3 Å². The molecule has 174 valence electrons. The number of benzene rings is 3. The van der Waals surface area contributed by atoms with Crippen molar-refractivity contribution in [3.8, 4) is 11.5 Å². The number of methoxy groups -OCH3 is 2. The topological polar surface area (TPSA) is 84.9 Å². The van der Waals surface area contributed by atoms with Gasteiger partial charge in [0.15, 0.2) is 0 Å². The maximum Gasteiger partial charge on any atom is 0.267 e. The maximum absolute atomic E-state index is 13.3. The molecule has 1 N–H and O–H groups in total. The summed E-state index contributed by atoms with van der Waals surface area (Å²) < 4.78 is 10.5. The number of nitrogens with one attached hydrogen (secondary N) is 1. The lowest BCUT2D eigenvalue weighted by Gasteiger charge is -2.18. The Balaban J connectivity index is 1.78. The molecule has 3 aromatic rings. The Bertz CT molecular complexity index is 1330. The molecule has 11 heteroatoms. The molecule has 3 aromatic carbocycles. The Hall–Kier alpha value is -2.97. The zero-order chi connectivity index (χ0) is 24.7. The van der Waals surface area contributed by atoms with E-state index in [0.717, 1.165) is 4.90 Å². The SMILES string of the molecule is COc1ccc(OC)c(NC(=O)c2ccccc2N2C(=O)c3c(Cl)c(Cl)c(Cl)c(Cl)c3C2=O)c1. The highest BCUT2D eigenvalue weighted by Crippen LogP contribution is 2.46. The van der Waals surface area contributed by atoms with Gasteiger partial charge in [-0.3, -0.25) is 14.4 Å². The molecule has 1 aliphatic rings. The number of nitrogens with zero attached hydrogens (tertiary/aromatic N) is 1. The molecule has 0 saturated heterocycles. The fraction of sp³-hybridized carbons (Fsp3) is 0.0870. The summed E-state index contributed by atoms with van der Waals surface area (Å²) in [5.74, 6) is -1.31. The van der Waals surface area contributed by atoms with Crippen molar-refractivity contribution >= 4 is 75.5 Å². The van der Waals surface area contributed by atoms with Crippen molar-refractivity contribution in [2.24, 2.45) is 0 Å².